The van der Waals surface area contributed by atoms with Crippen LogP contribution in [0, 0.1) is 35.5 Å². The minimum atomic E-state index is 0.299. The first-order valence-corrected chi connectivity index (χ1v) is 11.5. The highest BCUT2D eigenvalue weighted by Crippen LogP contribution is 2.68. The third-order valence-electron chi connectivity index (χ3n) is 8.96. The molecular weight excluding hydrogens is 338 g/mol. The number of thiazole rings is 1. The van der Waals surface area contributed by atoms with Gasteiger partial charge >= 0.3 is 0 Å². The predicted octanol–water partition coefficient (Wildman–Crippen LogP) is 6.07. The fourth-order valence-electron chi connectivity index (χ4n) is 7.59. The zero-order valence-corrected chi connectivity index (χ0v) is 17.2. The molecule has 0 spiro atoms. The summed E-state index contributed by atoms with van der Waals surface area (Å²) in [6.07, 6.45) is 11.8. The van der Waals surface area contributed by atoms with E-state index in [0.717, 1.165) is 37.0 Å². The highest BCUT2D eigenvalue weighted by molar-refractivity contribution is 7.09. The van der Waals surface area contributed by atoms with Gasteiger partial charge in [-0.05, 0) is 86.5 Å². The number of ketones is 1. The van der Waals surface area contributed by atoms with Crippen LogP contribution >= 0.6 is 11.3 Å². The van der Waals surface area contributed by atoms with Crippen molar-refractivity contribution < 1.29 is 4.79 Å². The first-order valence-electron chi connectivity index (χ1n) is 10.6. The molecule has 6 unspecified atom stereocenters. The van der Waals surface area contributed by atoms with Crippen LogP contribution in [-0.4, -0.2) is 10.8 Å². The molecule has 0 saturated heterocycles. The molecule has 0 N–H and O–H groups in total. The molecule has 6 atom stereocenters. The maximum absolute atomic E-state index is 12.0. The Morgan fingerprint density at radius 2 is 1.92 bits per heavy atom. The van der Waals surface area contributed by atoms with E-state index in [0.29, 0.717) is 22.5 Å². The van der Waals surface area contributed by atoms with E-state index in [4.69, 9.17) is 4.98 Å². The minimum Gasteiger partial charge on any atom is -0.295 e. The Bertz CT molecular complexity index is 779. The van der Waals surface area contributed by atoms with E-state index < -0.39 is 0 Å². The van der Waals surface area contributed by atoms with Crippen LogP contribution in [0.1, 0.15) is 81.8 Å². The van der Waals surface area contributed by atoms with Crippen molar-refractivity contribution in [2.24, 2.45) is 28.6 Å². The van der Waals surface area contributed by atoms with Crippen molar-refractivity contribution in [3.05, 3.63) is 27.7 Å². The summed E-state index contributed by atoms with van der Waals surface area (Å²) < 4.78 is 0. The molecule has 4 aliphatic rings. The number of allylic oxidation sites excluding steroid dienone is 1. The third kappa shape index (κ3) is 2.28. The third-order valence-corrected chi connectivity index (χ3v) is 9.75. The van der Waals surface area contributed by atoms with Crippen LogP contribution in [0.5, 0.6) is 0 Å². The Morgan fingerprint density at radius 1 is 1.08 bits per heavy atom. The Hall–Kier alpha value is -0.960. The van der Waals surface area contributed by atoms with Crippen molar-refractivity contribution in [3.8, 4) is 0 Å². The van der Waals surface area contributed by atoms with Gasteiger partial charge in [-0.25, -0.2) is 4.98 Å². The second-order valence-electron chi connectivity index (χ2n) is 9.93. The molecule has 3 heteroatoms. The van der Waals surface area contributed by atoms with Gasteiger partial charge in [-0.15, -0.1) is 11.3 Å². The Kier molecular flexibility index (Phi) is 3.81. The molecule has 1 aromatic heterocycles. The summed E-state index contributed by atoms with van der Waals surface area (Å²) in [6, 6.07) is 0. The number of hydrogen-bond acceptors (Lipinski definition) is 3. The largest absolute Gasteiger partial charge is 0.295 e. The van der Waals surface area contributed by atoms with E-state index in [-0.39, 0.29) is 0 Å². The van der Waals surface area contributed by atoms with Crippen LogP contribution in [0.15, 0.2) is 17.0 Å². The fraction of sp³-hybridized carbons (Fsp3) is 0.739. The van der Waals surface area contributed by atoms with E-state index >= 15 is 0 Å². The Morgan fingerprint density at radius 3 is 2.69 bits per heavy atom. The standard InChI is InChI=1S/C23H31NOS/c1-14-24-21(13-26-14)20-7-6-18-17-5-4-15-12-16(25)8-10-22(15,2)19(17)9-11-23(18,20)3/h12-13,17-20H,4-11H2,1-3H3. The summed E-state index contributed by atoms with van der Waals surface area (Å²) in [5.74, 6) is 3.54. The summed E-state index contributed by atoms with van der Waals surface area (Å²) in [5.41, 5.74) is 3.60. The van der Waals surface area contributed by atoms with Gasteiger partial charge in [0.2, 0.25) is 0 Å². The molecule has 0 amide bonds. The SMILES string of the molecule is Cc1nc(C2CCC3C4CCC5=CC(=O)CCC5(C)C4CCC23C)cs1. The van der Waals surface area contributed by atoms with E-state index in [9.17, 15) is 4.79 Å². The first-order chi connectivity index (χ1) is 12.4. The van der Waals surface area contributed by atoms with Crippen LogP contribution in [0.4, 0.5) is 0 Å². The summed E-state index contributed by atoms with van der Waals surface area (Å²) in [4.78, 5) is 16.9. The van der Waals surface area contributed by atoms with Crippen LogP contribution < -0.4 is 0 Å². The molecule has 0 aliphatic heterocycles. The molecule has 3 fully saturated rings. The predicted molar refractivity (Wildman–Crippen MR) is 106 cm³/mol. The molecule has 0 bridgehead atoms. The van der Waals surface area contributed by atoms with Gasteiger partial charge in [0.15, 0.2) is 5.78 Å². The molecule has 0 radical (unpaired) electrons. The molecular formula is C23H31NOS. The zero-order chi connectivity index (χ0) is 18.1. The second kappa shape index (κ2) is 5.77. The van der Waals surface area contributed by atoms with E-state index in [2.05, 4.69) is 26.2 Å². The number of nitrogens with zero attached hydrogens (tertiary/aromatic N) is 1. The first kappa shape index (κ1) is 17.2. The van der Waals surface area contributed by atoms with Crippen LogP contribution in [0.25, 0.3) is 0 Å². The quantitative estimate of drug-likeness (QED) is 0.601. The van der Waals surface area contributed by atoms with E-state index in [1.165, 1.54) is 48.4 Å². The topological polar surface area (TPSA) is 30.0 Å². The number of rotatable bonds is 1. The lowest BCUT2D eigenvalue weighted by Gasteiger charge is -2.58. The number of aromatic nitrogens is 1. The number of aryl methyl sites for hydroxylation is 1. The van der Waals surface area contributed by atoms with Gasteiger partial charge in [0.1, 0.15) is 0 Å². The summed E-state index contributed by atoms with van der Waals surface area (Å²) >= 11 is 1.82. The minimum absolute atomic E-state index is 0.299. The van der Waals surface area contributed by atoms with E-state index in [1.807, 2.05) is 17.4 Å². The van der Waals surface area contributed by atoms with Gasteiger partial charge < -0.3 is 0 Å². The maximum Gasteiger partial charge on any atom is 0.155 e. The number of carbonyl (C=O) groups is 1. The Balaban J connectivity index is 1.47. The molecule has 3 saturated carbocycles. The van der Waals surface area contributed by atoms with Gasteiger partial charge in [-0.1, -0.05) is 19.4 Å². The molecule has 2 nitrogen and oxygen atoms in total. The summed E-state index contributed by atoms with van der Waals surface area (Å²) in [6.45, 7) is 7.21. The second-order valence-corrected chi connectivity index (χ2v) is 11.0. The van der Waals surface area contributed by atoms with Gasteiger partial charge in [-0.2, -0.15) is 0 Å². The average Bonchev–Trinajstić information content (AvgIpc) is 3.18. The summed E-state index contributed by atoms with van der Waals surface area (Å²) in [5, 5.41) is 3.54. The lowest BCUT2D eigenvalue weighted by Crippen LogP contribution is -2.50. The number of fused-ring (bicyclic) bond motifs is 5. The number of hydrogen-bond donors (Lipinski definition) is 0. The van der Waals surface area contributed by atoms with Crippen molar-refractivity contribution in [2.45, 2.75) is 78.1 Å². The van der Waals surface area contributed by atoms with Gasteiger partial charge in [0.05, 0.1) is 10.7 Å². The lowest BCUT2D eigenvalue weighted by molar-refractivity contribution is -0.117. The van der Waals surface area contributed by atoms with Crippen LogP contribution in [0.2, 0.25) is 0 Å². The van der Waals surface area contributed by atoms with E-state index in [1.54, 1.807) is 0 Å². The molecule has 1 heterocycles. The van der Waals surface area contributed by atoms with Crippen molar-refractivity contribution in [2.75, 3.05) is 0 Å². The van der Waals surface area contributed by atoms with Gasteiger partial charge in [0.25, 0.3) is 0 Å². The van der Waals surface area contributed by atoms with Crippen LogP contribution in [0.3, 0.4) is 0 Å². The molecule has 26 heavy (non-hydrogen) atoms. The molecule has 4 aliphatic carbocycles. The maximum atomic E-state index is 12.0. The monoisotopic (exact) mass is 369 g/mol. The van der Waals surface area contributed by atoms with Crippen molar-refractivity contribution in [1.29, 1.82) is 0 Å². The van der Waals surface area contributed by atoms with Crippen LogP contribution in [-0.2, 0) is 4.79 Å². The molecule has 0 aromatic carbocycles. The van der Waals surface area contributed by atoms with Crippen molar-refractivity contribution >= 4 is 17.1 Å². The fourth-order valence-corrected chi connectivity index (χ4v) is 8.25. The van der Waals surface area contributed by atoms with Crippen molar-refractivity contribution in [3.63, 3.8) is 0 Å². The molecule has 5 rings (SSSR count). The van der Waals surface area contributed by atoms with Gasteiger partial charge in [0, 0.05) is 17.7 Å². The van der Waals surface area contributed by atoms with Gasteiger partial charge in [-0.3, -0.25) is 4.79 Å². The number of carbonyl (C=O) groups excluding carboxylic acids is 1. The smallest absolute Gasteiger partial charge is 0.155 e. The average molecular weight is 370 g/mol. The Labute approximate surface area is 161 Å². The summed E-state index contributed by atoms with van der Waals surface area (Å²) in [7, 11) is 0. The highest BCUT2D eigenvalue weighted by Gasteiger charge is 2.59. The lowest BCUT2D eigenvalue weighted by atomic mass is 9.47. The van der Waals surface area contributed by atoms with Crippen molar-refractivity contribution in [1.82, 2.24) is 4.98 Å². The zero-order valence-electron chi connectivity index (χ0n) is 16.4. The highest BCUT2D eigenvalue weighted by atomic mass is 32.1. The molecule has 1 aromatic rings. The molecule has 140 valence electrons. The normalized spacial score (nSPS) is 44.9.